The number of aromatic hydroxyl groups is 1. The van der Waals surface area contributed by atoms with E-state index in [0.29, 0.717) is 5.75 Å². The van der Waals surface area contributed by atoms with Gasteiger partial charge in [-0.1, -0.05) is 12.8 Å². The molecule has 0 aliphatic heterocycles. The molecule has 4 heteroatoms. The fraction of sp³-hybridized carbons (Fsp3) is 0.455. The smallest absolute Gasteiger partial charge is 0.133 e. The van der Waals surface area contributed by atoms with Gasteiger partial charge in [0, 0.05) is 15.2 Å². The number of hydrogen-bond acceptors (Lipinski definition) is 2. The fourth-order valence-corrected chi connectivity index (χ4v) is 3.60. The SMILES string of the molecule is N[C@H](CC1CC1)c1cc(I)cc(I)c1O. The second-order valence-electron chi connectivity index (χ2n) is 4.11. The Morgan fingerprint density at radius 1 is 1.40 bits per heavy atom. The Hall–Kier alpha value is 0.440. The highest BCUT2D eigenvalue weighted by atomic mass is 127. The van der Waals surface area contributed by atoms with E-state index < -0.39 is 0 Å². The van der Waals surface area contributed by atoms with Crippen LogP contribution >= 0.6 is 45.2 Å². The molecule has 2 nitrogen and oxygen atoms in total. The van der Waals surface area contributed by atoms with Gasteiger partial charge in [0.25, 0.3) is 0 Å². The fourth-order valence-electron chi connectivity index (χ4n) is 1.71. The average Bonchev–Trinajstić information content (AvgIpc) is 2.94. The highest BCUT2D eigenvalue weighted by molar-refractivity contribution is 14.1. The van der Waals surface area contributed by atoms with Gasteiger partial charge in [0.1, 0.15) is 5.75 Å². The maximum absolute atomic E-state index is 9.93. The third-order valence-electron chi connectivity index (χ3n) is 2.74. The van der Waals surface area contributed by atoms with Crippen molar-refractivity contribution >= 4 is 45.2 Å². The summed E-state index contributed by atoms with van der Waals surface area (Å²) in [6.07, 6.45) is 3.61. The first-order valence-corrected chi connectivity index (χ1v) is 7.17. The summed E-state index contributed by atoms with van der Waals surface area (Å²) in [7, 11) is 0. The second-order valence-corrected chi connectivity index (χ2v) is 6.52. The molecule has 1 aliphatic rings. The summed E-state index contributed by atoms with van der Waals surface area (Å²) in [6, 6.07) is 3.94. The van der Waals surface area contributed by atoms with Gasteiger partial charge in [-0.05, 0) is 69.7 Å². The predicted octanol–water partition coefficient (Wildman–Crippen LogP) is 3.40. The van der Waals surface area contributed by atoms with Crippen molar-refractivity contribution in [2.45, 2.75) is 25.3 Å². The molecule has 0 radical (unpaired) electrons. The minimum absolute atomic E-state index is 0.0132. The average molecular weight is 429 g/mol. The zero-order valence-electron chi connectivity index (χ0n) is 8.21. The zero-order chi connectivity index (χ0) is 11.0. The standard InChI is InChI=1S/C11H13I2NO/c12-7-4-8(11(15)9(13)5-7)10(14)3-6-1-2-6/h4-6,10,15H,1-3,14H2/t10-/m1/s1. The van der Waals surface area contributed by atoms with Crippen molar-refractivity contribution in [3.8, 4) is 5.75 Å². The Kier molecular flexibility index (Phi) is 3.77. The highest BCUT2D eigenvalue weighted by Gasteiger charge is 2.26. The minimum Gasteiger partial charge on any atom is -0.506 e. The Balaban J connectivity index is 2.24. The first-order chi connectivity index (χ1) is 7.08. The van der Waals surface area contributed by atoms with E-state index >= 15 is 0 Å². The molecule has 1 aromatic rings. The maximum atomic E-state index is 9.93. The molecule has 3 N–H and O–H groups in total. The number of benzene rings is 1. The van der Waals surface area contributed by atoms with E-state index in [1.165, 1.54) is 12.8 Å². The van der Waals surface area contributed by atoms with Crippen molar-refractivity contribution in [1.29, 1.82) is 0 Å². The van der Waals surface area contributed by atoms with Gasteiger partial charge in [0.2, 0.25) is 0 Å². The van der Waals surface area contributed by atoms with Crippen molar-refractivity contribution < 1.29 is 5.11 Å². The number of phenols is 1. The van der Waals surface area contributed by atoms with Gasteiger partial charge in [-0.2, -0.15) is 0 Å². The summed E-state index contributed by atoms with van der Waals surface area (Å²) in [5, 5.41) is 9.93. The highest BCUT2D eigenvalue weighted by Crippen LogP contribution is 2.39. The molecule has 0 unspecified atom stereocenters. The molecule has 1 aliphatic carbocycles. The number of hydrogen-bond donors (Lipinski definition) is 2. The van der Waals surface area contributed by atoms with Crippen molar-refractivity contribution in [2.24, 2.45) is 11.7 Å². The molecule has 0 bridgehead atoms. The molecule has 0 spiro atoms. The zero-order valence-corrected chi connectivity index (χ0v) is 12.5. The monoisotopic (exact) mass is 429 g/mol. The lowest BCUT2D eigenvalue weighted by Gasteiger charge is -2.14. The minimum atomic E-state index is -0.0132. The van der Waals surface area contributed by atoms with E-state index in [1.54, 1.807) is 0 Å². The van der Waals surface area contributed by atoms with Crippen LogP contribution in [0.15, 0.2) is 12.1 Å². The van der Waals surface area contributed by atoms with Crippen LogP contribution in [0.3, 0.4) is 0 Å². The van der Waals surface area contributed by atoms with Crippen LogP contribution in [0, 0.1) is 13.1 Å². The predicted molar refractivity (Wildman–Crippen MR) is 77.8 cm³/mol. The lowest BCUT2D eigenvalue weighted by atomic mass is 10.0. The van der Waals surface area contributed by atoms with Crippen LogP contribution in [0.2, 0.25) is 0 Å². The summed E-state index contributed by atoms with van der Waals surface area (Å²) >= 11 is 4.41. The molecule has 2 rings (SSSR count). The van der Waals surface area contributed by atoms with Crippen LogP contribution < -0.4 is 5.73 Å². The third-order valence-corrected chi connectivity index (χ3v) is 4.19. The third kappa shape index (κ3) is 2.97. The molecule has 1 atom stereocenters. The van der Waals surface area contributed by atoms with Crippen LogP contribution in [0.4, 0.5) is 0 Å². The Labute approximate surface area is 117 Å². The summed E-state index contributed by atoms with van der Waals surface area (Å²) in [5.41, 5.74) is 7.01. The van der Waals surface area contributed by atoms with Gasteiger partial charge in [-0.25, -0.2) is 0 Å². The Bertz CT molecular complexity index is 377. The number of phenolic OH excluding ortho intramolecular Hbond substituents is 1. The quantitative estimate of drug-likeness (QED) is 0.725. The number of halogens is 2. The van der Waals surface area contributed by atoms with Gasteiger partial charge in [0.05, 0.1) is 3.57 Å². The molecule has 0 heterocycles. The summed E-state index contributed by atoms with van der Waals surface area (Å²) < 4.78 is 2.02. The topological polar surface area (TPSA) is 46.2 Å². The molecule has 0 amide bonds. The summed E-state index contributed by atoms with van der Waals surface area (Å²) in [5.74, 6) is 1.15. The number of nitrogens with two attached hydrogens (primary N) is 1. The molecule has 0 aromatic heterocycles. The first-order valence-electron chi connectivity index (χ1n) is 5.01. The van der Waals surface area contributed by atoms with E-state index in [4.69, 9.17) is 5.73 Å². The second kappa shape index (κ2) is 4.75. The molecule has 0 saturated heterocycles. The number of rotatable bonds is 3. The van der Waals surface area contributed by atoms with E-state index in [1.807, 2.05) is 12.1 Å². The Morgan fingerprint density at radius 2 is 2.07 bits per heavy atom. The van der Waals surface area contributed by atoms with Crippen molar-refractivity contribution in [1.82, 2.24) is 0 Å². The van der Waals surface area contributed by atoms with E-state index in [-0.39, 0.29) is 6.04 Å². The van der Waals surface area contributed by atoms with Crippen LogP contribution in [0.1, 0.15) is 30.9 Å². The summed E-state index contributed by atoms with van der Waals surface area (Å²) in [6.45, 7) is 0. The molecule has 15 heavy (non-hydrogen) atoms. The van der Waals surface area contributed by atoms with E-state index in [0.717, 1.165) is 25.0 Å². The van der Waals surface area contributed by atoms with Crippen molar-refractivity contribution in [2.75, 3.05) is 0 Å². The van der Waals surface area contributed by atoms with E-state index in [9.17, 15) is 5.11 Å². The van der Waals surface area contributed by atoms with Gasteiger partial charge < -0.3 is 10.8 Å². The van der Waals surface area contributed by atoms with Crippen molar-refractivity contribution in [3.63, 3.8) is 0 Å². The molecule has 1 aromatic carbocycles. The molecule has 1 saturated carbocycles. The lowest BCUT2D eigenvalue weighted by Crippen LogP contribution is -2.11. The van der Waals surface area contributed by atoms with Gasteiger partial charge in [-0.3, -0.25) is 0 Å². The van der Waals surface area contributed by atoms with E-state index in [2.05, 4.69) is 45.2 Å². The lowest BCUT2D eigenvalue weighted by molar-refractivity contribution is 0.451. The molecular weight excluding hydrogens is 416 g/mol. The summed E-state index contributed by atoms with van der Waals surface area (Å²) in [4.78, 5) is 0. The molecule has 82 valence electrons. The van der Waals surface area contributed by atoms with Crippen LogP contribution in [-0.4, -0.2) is 5.11 Å². The first kappa shape index (κ1) is 11.9. The molecule has 1 fully saturated rings. The van der Waals surface area contributed by atoms with Crippen LogP contribution in [-0.2, 0) is 0 Å². The Morgan fingerprint density at radius 3 is 2.67 bits per heavy atom. The largest absolute Gasteiger partial charge is 0.506 e. The van der Waals surface area contributed by atoms with Gasteiger partial charge in [-0.15, -0.1) is 0 Å². The van der Waals surface area contributed by atoms with Crippen LogP contribution in [0.25, 0.3) is 0 Å². The van der Waals surface area contributed by atoms with Gasteiger partial charge in [0.15, 0.2) is 0 Å². The maximum Gasteiger partial charge on any atom is 0.133 e. The molecular formula is C11H13I2NO. The normalized spacial score (nSPS) is 17.8. The van der Waals surface area contributed by atoms with Gasteiger partial charge >= 0.3 is 0 Å². The van der Waals surface area contributed by atoms with Crippen molar-refractivity contribution in [3.05, 3.63) is 24.8 Å². The van der Waals surface area contributed by atoms with Crippen LogP contribution in [0.5, 0.6) is 5.75 Å².